The molecule has 182 valence electrons. The second-order valence-electron chi connectivity index (χ2n) is 8.98. The molecule has 6 heteroatoms. The topological polar surface area (TPSA) is 63.6 Å². The number of esters is 1. The number of rotatable bonds is 5. The molecule has 6 nitrogen and oxygen atoms in total. The van der Waals surface area contributed by atoms with Crippen LogP contribution in [0, 0.1) is 6.92 Å². The minimum absolute atomic E-state index is 0.192. The highest BCUT2D eigenvalue weighted by molar-refractivity contribution is 5.90. The van der Waals surface area contributed by atoms with Crippen LogP contribution in [0.3, 0.4) is 0 Å². The number of fused-ring (bicyclic) bond motifs is 3. The second-order valence-corrected chi connectivity index (χ2v) is 8.98. The van der Waals surface area contributed by atoms with E-state index in [1.165, 1.54) is 5.56 Å². The summed E-state index contributed by atoms with van der Waals surface area (Å²) < 4.78 is 7.20. The van der Waals surface area contributed by atoms with E-state index in [-0.39, 0.29) is 24.5 Å². The summed E-state index contributed by atoms with van der Waals surface area (Å²) in [7, 11) is 0. The molecule has 0 saturated heterocycles. The molecule has 1 aromatic heterocycles. The maximum absolute atomic E-state index is 13.8. The number of carbonyl (C=O) groups excluding carboxylic acids is 2. The number of aromatic nitrogens is 1. The molecular formula is C30H29N3O3. The first-order chi connectivity index (χ1) is 17.5. The van der Waals surface area contributed by atoms with Crippen LogP contribution in [0.5, 0.6) is 0 Å². The summed E-state index contributed by atoms with van der Waals surface area (Å²) in [5.74, 6) is -0.263. The van der Waals surface area contributed by atoms with Gasteiger partial charge >= 0.3 is 12.0 Å². The quantitative estimate of drug-likeness (QED) is 0.356. The van der Waals surface area contributed by atoms with Gasteiger partial charge in [-0.25, -0.2) is 4.79 Å². The van der Waals surface area contributed by atoms with E-state index in [0.29, 0.717) is 18.8 Å². The first-order valence-corrected chi connectivity index (χ1v) is 12.2. The van der Waals surface area contributed by atoms with E-state index in [4.69, 9.17) is 4.74 Å². The zero-order chi connectivity index (χ0) is 25.1. The maximum atomic E-state index is 13.8. The van der Waals surface area contributed by atoms with Gasteiger partial charge in [-0.3, -0.25) is 4.79 Å². The highest BCUT2D eigenvalue weighted by Gasteiger charge is 2.33. The number of benzene rings is 3. The Labute approximate surface area is 211 Å². The number of nitrogens with one attached hydrogen (secondary N) is 1. The van der Waals surface area contributed by atoms with Crippen LogP contribution in [0.1, 0.15) is 40.9 Å². The number of carbonyl (C=O) groups is 2. The molecule has 0 unspecified atom stereocenters. The lowest BCUT2D eigenvalue weighted by Gasteiger charge is -2.31. The molecule has 36 heavy (non-hydrogen) atoms. The summed E-state index contributed by atoms with van der Waals surface area (Å²) >= 11 is 0. The number of anilines is 1. The van der Waals surface area contributed by atoms with Crippen molar-refractivity contribution in [2.75, 3.05) is 11.9 Å². The zero-order valence-electron chi connectivity index (χ0n) is 20.5. The van der Waals surface area contributed by atoms with Crippen molar-refractivity contribution in [3.05, 3.63) is 119 Å². The summed E-state index contributed by atoms with van der Waals surface area (Å²) in [6, 6.07) is 27.5. The van der Waals surface area contributed by atoms with Gasteiger partial charge in [0.05, 0.1) is 31.3 Å². The number of urea groups is 1. The van der Waals surface area contributed by atoms with Gasteiger partial charge in [0, 0.05) is 17.6 Å². The number of amides is 2. The van der Waals surface area contributed by atoms with Gasteiger partial charge in [-0.05, 0) is 60.9 Å². The molecule has 2 heterocycles. The van der Waals surface area contributed by atoms with E-state index in [9.17, 15) is 9.59 Å². The number of para-hydroxylation sites is 1. The maximum Gasteiger partial charge on any atom is 0.322 e. The molecule has 0 saturated carbocycles. The number of aryl methyl sites for hydroxylation is 1. The molecule has 1 N–H and O–H groups in total. The molecule has 1 aliphatic heterocycles. The molecule has 5 rings (SSSR count). The van der Waals surface area contributed by atoms with Gasteiger partial charge in [0.1, 0.15) is 0 Å². The lowest BCUT2D eigenvalue weighted by atomic mass is 10.0. The molecule has 0 radical (unpaired) electrons. The molecule has 2 amide bonds. The van der Waals surface area contributed by atoms with Crippen LogP contribution in [0.4, 0.5) is 10.5 Å². The summed E-state index contributed by atoms with van der Waals surface area (Å²) in [5, 5.41) is 3.07. The highest BCUT2D eigenvalue weighted by Crippen LogP contribution is 2.37. The molecular weight excluding hydrogens is 450 g/mol. The highest BCUT2D eigenvalue weighted by atomic mass is 16.5. The van der Waals surface area contributed by atoms with Gasteiger partial charge in [0.2, 0.25) is 0 Å². The predicted molar refractivity (Wildman–Crippen MR) is 140 cm³/mol. The van der Waals surface area contributed by atoms with Crippen molar-refractivity contribution in [3.8, 4) is 5.69 Å². The fraction of sp³-hybridized carbons (Fsp3) is 0.200. The van der Waals surface area contributed by atoms with E-state index in [2.05, 4.69) is 65.5 Å². The van der Waals surface area contributed by atoms with Crippen molar-refractivity contribution in [2.45, 2.75) is 32.9 Å². The Morgan fingerprint density at radius 1 is 0.944 bits per heavy atom. The summed E-state index contributed by atoms with van der Waals surface area (Å²) in [6.45, 7) is 4.67. The van der Waals surface area contributed by atoms with E-state index in [1.807, 2.05) is 47.4 Å². The summed E-state index contributed by atoms with van der Waals surface area (Å²) in [6.07, 6.45) is 2.26. The van der Waals surface area contributed by atoms with Gasteiger partial charge in [0.25, 0.3) is 0 Å². The number of nitrogens with zero attached hydrogens (tertiary/aromatic N) is 2. The van der Waals surface area contributed by atoms with Crippen molar-refractivity contribution >= 4 is 17.7 Å². The third kappa shape index (κ3) is 4.75. The average molecular weight is 480 g/mol. The fourth-order valence-corrected chi connectivity index (χ4v) is 4.72. The lowest BCUT2D eigenvalue weighted by Crippen LogP contribution is -2.37. The van der Waals surface area contributed by atoms with Crippen LogP contribution >= 0.6 is 0 Å². The van der Waals surface area contributed by atoms with Crippen LogP contribution in [0.2, 0.25) is 0 Å². The molecule has 1 aliphatic rings. The van der Waals surface area contributed by atoms with E-state index >= 15 is 0 Å². The normalized spacial score (nSPS) is 14.4. The van der Waals surface area contributed by atoms with Crippen LogP contribution in [0.15, 0.2) is 91.1 Å². The second kappa shape index (κ2) is 10.1. The van der Waals surface area contributed by atoms with Gasteiger partial charge in [-0.2, -0.15) is 0 Å². The first kappa shape index (κ1) is 23.4. The summed E-state index contributed by atoms with van der Waals surface area (Å²) in [4.78, 5) is 27.5. The van der Waals surface area contributed by atoms with E-state index in [0.717, 1.165) is 28.1 Å². The third-order valence-electron chi connectivity index (χ3n) is 6.48. The first-order valence-electron chi connectivity index (χ1n) is 12.2. The van der Waals surface area contributed by atoms with Crippen LogP contribution in [-0.2, 0) is 22.5 Å². The summed E-state index contributed by atoms with van der Waals surface area (Å²) in [5.41, 5.74) is 6.91. The Hall–Kier alpha value is -4.32. The molecule has 1 atom stereocenters. The average Bonchev–Trinajstić information content (AvgIpc) is 3.30. The van der Waals surface area contributed by atoms with E-state index in [1.54, 1.807) is 6.92 Å². The van der Waals surface area contributed by atoms with Gasteiger partial charge in [-0.1, -0.05) is 60.2 Å². The molecule has 0 fully saturated rings. The number of ether oxygens (including phenoxy) is 1. The smallest absolute Gasteiger partial charge is 0.322 e. The van der Waals surface area contributed by atoms with Crippen LogP contribution in [-0.4, -0.2) is 28.1 Å². The molecule has 4 aromatic rings. The Morgan fingerprint density at radius 2 is 1.69 bits per heavy atom. The fourth-order valence-electron chi connectivity index (χ4n) is 4.72. The molecule has 3 aromatic carbocycles. The minimum atomic E-state index is -0.268. The molecule has 0 aliphatic carbocycles. The van der Waals surface area contributed by atoms with E-state index < -0.39 is 0 Å². The van der Waals surface area contributed by atoms with Gasteiger partial charge in [-0.15, -0.1) is 0 Å². The van der Waals surface area contributed by atoms with Crippen molar-refractivity contribution in [1.29, 1.82) is 0 Å². The van der Waals surface area contributed by atoms with Crippen LogP contribution in [0.25, 0.3) is 5.69 Å². The Balaban J connectivity index is 1.47. The Kier molecular flexibility index (Phi) is 6.58. The lowest BCUT2D eigenvalue weighted by molar-refractivity contribution is -0.142. The van der Waals surface area contributed by atoms with Crippen molar-refractivity contribution < 1.29 is 14.3 Å². The molecule has 0 bridgehead atoms. The van der Waals surface area contributed by atoms with Crippen molar-refractivity contribution in [3.63, 3.8) is 0 Å². The number of hydrogen-bond acceptors (Lipinski definition) is 3. The molecule has 0 spiro atoms. The van der Waals surface area contributed by atoms with Crippen LogP contribution < -0.4 is 5.32 Å². The zero-order valence-corrected chi connectivity index (χ0v) is 20.5. The minimum Gasteiger partial charge on any atom is -0.466 e. The van der Waals surface area contributed by atoms with Gasteiger partial charge < -0.3 is 19.5 Å². The van der Waals surface area contributed by atoms with Crippen molar-refractivity contribution in [1.82, 2.24) is 9.47 Å². The Morgan fingerprint density at radius 3 is 2.44 bits per heavy atom. The SMILES string of the molecule is CCOC(=O)Cc1ccc(NC(=O)N2Cc3ccccc3-n3cccc3[C@H]2c2ccc(C)cc2)cc1. The van der Waals surface area contributed by atoms with Gasteiger partial charge in [0.15, 0.2) is 0 Å². The largest absolute Gasteiger partial charge is 0.466 e. The standard InChI is InChI=1S/C30H29N3O3/c1-3-36-28(34)19-22-12-16-25(17-13-22)31-30(35)33-20-24-7-4-5-8-26(24)32-18-6-9-27(32)29(33)23-14-10-21(2)11-15-23/h4-18,29H,3,19-20H2,1-2H3,(H,31,35)/t29-/m1/s1. The monoisotopic (exact) mass is 479 g/mol. The third-order valence-corrected chi connectivity index (χ3v) is 6.48. The van der Waals surface area contributed by atoms with Crippen molar-refractivity contribution in [2.24, 2.45) is 0 Å². The predicted octanol–water partition coefficient (Wildman–Crippen LogP) is 6.03. The Bertz CT molecular complexity index is 1370. The number of hydrogen-bond donors (Lipinski definition) is 1.